The van der Waals surface area contributed by atoms with Crippen LogP contribution in [0.25, 0.3) is 5.57 Å². The number of rotatable bonds is 10. The van der Waals surface area contributed by atoms with Crippen LogP contribution in [0.2, 0.25) is 0 Å². The van der Waals surface area contributed by atoms with Gasteiger partial charge in [0.25, 0.3) is 0 Å². The molecule has 0 fully saturated rings. The number of amides is 1. The van der Waals surface area contributed by atoms with Crippen LogP contribution < -0.4 is 20.5 Å². The molecule has 2 aromatic carbocycles. The number of benzene rings is 2. The first-order chi connectivity index (χ1) is 15.0. The number of methoxy groups -OCH3 is 2. The molecule has 8 nitrogen and oxygen atoms in total. The van der Waals surface area contributed by atoms with E-state index in [-0.39, 0.29) is 6.54 Å². The van der Waals surface area contributed by atoms with Crippen LogP contribution in [0.3, 0.4) is 0 Å². The minimum Gasteiger partial charge on any atom is -0.496 e. The molecule has 2 rings (SSSR count). The Morgan fingerprint density at radius 1 is 1.10 bits per heavy atom. The first-order valence-corrected chi connectivity index (χ1v) is 9.52. The van der Waals surface area contributed by atoms with Crippen molar-refractivity contribution < 1.29 is 28.6 Å². The van der Waals surface area contributed by atoms with Gasteiger partial charge in [0.05, 0.1) is 14.2 Å². The number of nitrogen functional groups attached to an aromatic ring is 1. The number of nitrogens with one attached hydrogen (secondary N) is 1. The Bertz CT molecular complexity index is 878. The van der Waals surface area contributed by atoms with Crippen molar-refractivity contribution in [3.05, 3.63) is 59.7 Å². The minimum absolute atomic E-state index is 0.0556. The summed E-state index contributed by atoms with van der Waals surface area (Å²) in [6.07, 6.45) is 3.55. The summed E-state index contributed by atoms with van der Waals surface area (Å²) in [5.41, 5.74) is 9.27. The Hall–Kier alpha value is -3.81. The molecule has 0 saturated heterocycles. The molecule has 1 amide bonds. The average molecular weight is 428 g/mol. The van der Waals surface area contributed by atoms with Crippen LogP contribution in [0.1, 0.15) is 24.5 Å². The molecule has 0 aliphatic heterocycles. The van der Waals surface area contributed by atoms with Gasteiger partial charge in [-0.25, -0.2) is 0 Å². The van der Waals surface area contributed by atoms with Crippen molar-refractivity contribution in [2.75, 3.05) is 26.5 Å². The molecular weight excluding hydrogens is 400 g/mol. The van der Waals surface area contributed by atoms with Crippen molar-refractivity contribution in [3.63, 3.8) is 0 Å². The van der Waals surface area contributed by atoms with Gasteiger partial charge in [-0.2, -0.15) is 0 Å². The van der Waals surface area contributed by atoms with Gasteiger partial charge >= 0.3 is 5.97 Å². The van der Waals surface area contributed by atoms with Crippen molar-refractivity contribution in [2.45, 2.75) is 20.0 Å². The number of nitrogens with two attached hydrogens (primary N) is 1. The fraction of sp³-hybridized carbons (Fsp3) is 0.261. The number of ether oxygens (including phenoxy) is 3. The molecule has 0 bridgehead atoms. The molecule has 3 N–H and O–H groups in total. The number of esters is 1. The normalized spacial score (nSPS) is 10.2. The molecule has 0 spiro atoms. The zero-order valence-electron chi connectivity index (χ0n) is 17.9. The van der Waals surface area contributed by atoms with Crippen LogP contribution in [-0.2, 0) is 25.7 Å². The molecule has 0 radical (unpaired) electrons. The van der Waals surface area contributed by atoms with Crippen molar-refractivity contribution in [2.24, 2.45) is 0 Å². The number of allylic oxidation sites excluding steroid dienone is 2. The quantitative estimate of drug-likeness (QED) is 0.259. The van der Waals surface area contributed by atoms with Crippen molar-refractivity contribution in [3.8, 4) is 11.5 Å². The Balaban J connectivity index is 0.000000512. The number of carbonyl (C=O) groups is 3. The summed E-state index contributed by atoms with van der Waals surface area (Å²) >= 11 is 0. The SMILES string of the molecule is CC/C(=C/C=O)c1ccc(OCc2ccc(N)cc2)cc1OC.COC(=O)CNC=O. The highest BCUT2D eigenvalue weighted by Gasteiger charge is 2.09. The molecular formula is C23H28N2O6. The maximum absolute atomic E-state index is 10.7. The maximum atomic E-state index is 10.7. The highest BCUT2D eigenvalue weighted by Crippen LogP contribution is 2.31. The first-order valence-electron chi connectivity index (χ1n) is 9.52. The summed E-state index contributed by atoms with van der Waals surface area (Å²) in [5, 5.41) is 2.14. The van der Waals surface area contributed by atoms with E-state index in [1.807, 2.05) is 49.4 Å². The van der Waals surface area contributed by atoms with E-state index in [1.54, 1.807) is 13.2 Å². The Kier molecular flexibility index (Phi) is 11.6. The van der Waals surface area contributed by atoms with Gasteiger partial charge in [0.15, 0.2) is 0 Å². The predicted molar refractivity (Wildman–Crippen MR) is 119 cm³/mol. The first kappa shape index (κ1) is 25.2. The van der Waals surface area contributed by atoms with E-state index in [4.69, 9.17) is 15.2 Å². The third-order valence-electron chi connectivity index (χ3n) is 4.11. The lowest BCUT2D eigenvalue weighted by Gasteiger charge is -2.13. The van der Waals surface area contributed by atoms with E-state index in [1.165, 1.54) is 7.11 Å². The van der Waals surface area contributed by atoms with Crippen LogP contribution >= 0.6 is 0 Å². The predicted octanol–water partition coefficient (Wildman–Crippen LogP) is 2.75. The van der Waals surface area contributed by atoms with E-state index in [0.29, 0.717) is 24.5 Å². The topological polar surface area (TPSA) is 117 Å². The van der Waals surface area contributed by atoms with Gasteiger partial charge < -0.3 is 25.3 Å². The van der Waals surface area contributed by atoms with Crippen molar-refractivity contribution in [1.82, 2.24) is 5.32 Å². The molecule has 8 heteroatoms. The number of anilines is 1. The summed E-state index contributed by atoms with van der Waals surface area (Å²) in [6, 6.07) is 13.2. The van der Waals surface area contributed by atoms with Crippen LogP contribution in [0.15, 0.2) is 48.5 Å². The summed E-state index contributed by atoms with van der Waals surface area (Å²) in [5.74, 6) is 0.954. The summed E-state index contributed by atoms with van der Waals surface area (Å²) in [4.78, 5) is 30.4. The zero-order valence-corrected chi connectivity index (χ0v) is 17.9. The zero-order chi connectivity index (χ0) is 23.1. The maximum Gasteiger partial charge on any atom is 0.325 e. The molecule has 166 valence electrons. The Morgan fingerprint density at radius 2 is 1.81 bits per heavy atom. The molecule has 2 aromatic rings. The standard InChI is InChI=1S/C19H21NO3.C4H7NO3/c1-3-15(10-11-21)18-9-8-17(12-19(18)22-2)23-13-14-4-6-16(20)7-5-14;1-8-4(7)2-5-3-6/h4-12H,3,13,20H2,1-2H3;3H,2H2,1H3,(H,5,6)/b15-10-;. The molecule has 0 aromatic heterocycles. The van der Waals surface area contributed by atoms with Gasteiger partial charge in [-0.05, 0) is 47.9 Å². The second kappa shape index (κ2) is 14.2. The van der Waals surface area contributed by atoms with E-state index in [2.05, 4.69) is 10.1 Å². The number of aldehydes is 1. The van der Waals surface area contributed by atoms with Gasteiger partial charge in [0, 0.05) is 17.3 Å². The van der Waals surface area contributed by atoms with Crippen LogP contribution in [0, 0.1) is 0 Å². The molecule has 0 atom stereocenters. The van der Waals surface area contributed by atoms with Gasteiger partial charge in [0.2, 0.25) is 6.41 Å². The summed E-state index contributed by atoms with van der Waals surface area (Å²) in [7, 11) is 2.87. The van der Waals surface area contributed by atoms with E-state index < -0.39 is 5.97 Å². The second-order valence-corrected chi connectivity index (χ2v) is 6.15. The van der Waals surface area contributed by atoms with Crippen LogP contribution in [0.4, 0.5) is 5.69 Å². The molecule has 31 heavy (non-hydrogen) atoms. The Labute approximate surface area is 182 Å². The van der Waals surface area contributed by atoms with Gasteiger partial charge in [0.1, 0.15) is 30.9 Å². The highest BCUT2D eigenvalue weighted by molar-refractivity contribution is 5.83. The number of hydrogen-bond acceptors (Lipinski definition) is 7. The molecule has 0 aliphatic rings. The average Bonchev–Trinajstić information content (AvgIpc) is 2.81. The van der Waals surface area contributed by atoms with Gasteiger partial charge in [-0.1, -0.05) is 19.1 Å². The lowest BCUT2D eigenvalue weighted by atomic mass is 10.0. The third-order valence-corrected chi connectivity index (χ3v) is 4.11. The molecule has 0 heterocycles. The monoisotopic (exact) mass is 428 g/mol. The van der Waals surface area contributed by atoms with E-state index >= 15 is 0 Å². The van der Waals surface area contributed by atoms with E-state index in [0.717, 1.165) is 35.1 Å². The fourth-order valence-electron chi connectivity index (χ4n) is 2.48. The van der Waals surface area contributed by atoms with Crippen molar-refractivity contribution >= 4 is 29.9 Å². The van der Waals surface area contributed by atoms with E-state index in [9.17, 15) is 14.4 Å². The largest absolute Gasteiger partial charge is 0.496 e. The van der Waals surface area contributed by atoms with Crippen LogP contribution in [0.5, 0.6) is 11.5 Å². The minimum atomic E-state index is -0.447. The second-order valence-electron chi connectivity index (χ2n) is 6.15. The fourth-order valence-corrected chi connectivity index (χ4v) is 2.48. The number of hydrogen-bond donors (Lipinski definition) is 2. The third kappa shape index (κ3) is 9.03. The highest BCUT2D eigenvalue weighted by atomic mass is 16.5. The number of carbonyl (C=O) groups excluding carboxylic acids is 3. The summed E-state index contributed by atoms with van der Waals surface area (Å²) in [6.45, 7) is 2.40. The lowest BCUT2D eigenvalue weighted by Crippen LogP contribution is -2.21. The van der Waals surface area contributed by atoms with Gasteiger partial charge in [-0.15, -0.1) is 0 Å². The Morgan fingerprint density at radius 3 is 2.35 bits per heavy atom. The smallest absolute Gasteiger partial charge is 0.325 e. The molecule has 0 aliphatic carbocycles. The van der Waals surface area contributed by atoms with Gasteiger partial charge in [-0.3, -0.25) is 14.4 Å². The molecule has 0 saturated carbocycles. The summed E-state index contributed by atoms with van der Waals surface area (Å²) < 4.78 is 15.4. The van der Waals surface area contributed by atoms with Crippen molar-refractivity contribution in [1.29, 1.82) is 0 Å². The molecule has 0 unspecified atom stereocenters. The van der Waals surface area contributed by atoms with Crippen LogP contribution in [-0.4, -0.2) is 39.4 Å². The lowest BCUT2D eigenvalue weighted by molar-refractivity contribution is -0.140.